The van der Waals surface area contributed by atoms with E-state index in [9.17, 15) is 33.0 Å². The molecule has 0 heterocycles. The van der Waals surface area contributed by atoms with Gasteiger partial charge >= 0.3 is 12.1 Å². The third-order valence-electron chi connectivity index (χ3n) is 7.18. The average molecular weight is 432 g/mol. The van der Waals surface area contributed by atoms with Gasteiger partial charge in [-0.1, -0.05) is 36.4 Å². The second-order valence-electron chi connectivity index (χ2n) is 8.84. The van der Waals surface area contributed by atoms with Gasteiger partial charge in [-0.3, -0.25) is 4.79 Å². The summed E-state index contributed by atoms with van der Waals surface area (Å²) in [5, 5.41) is 19.9. The van der Waals surface area contributed by atoms with E-state index in [4.69, 9.17) is 0 Å². The molecule has 2 N–H and O–H groups in total. The minimum Gasteiger partial charge on any atom is -0.478 e. The summed E-state index contributed by atoms with van der Waals surface area (Å²) in [4.78, 5) is 24.6. The standard InChI is InChI=1S/C24H23F3O4/c1-14-17(21(29)30)7-8-18-20(14)19(28)11-16-13-23(31,24(25,26)27)10-9-22(16,18)12-15-5-3-2-4-6-15/h2-8,16,31H,9-13H2,1H3,(H,29,30)/t16-,22+,23-/m1/s1. The molecular weight excluding hydrogens is 409 g/mol. The van der Waals surface area contributed by atoms with Crippen LogP contribution in [0.2, 0.25) is 0 Å². The number of carbonyl (C=O) groups excluding carboxylic acids is 1. The van der Waals surface area contributed by atoms with Gasteiger partial charge < -0.3 is 10.2 Å². The van der Waals surface area contributed by atoms with Crippen molar-refractivity contribution in [1.29, 1.82) is 0 Å². The molecule has 0 spiro atoms. The van der Waals surface area contributed by atoms with Crippen LogP contribution in [0.15, 0.2) is 42.5 Å². The topological polar surface area (TPSA) is 74.6 Å². The zero-order chi connectivity index (χ0) is 22.6. The van der Waals surface area contributed by atoms with Crippen molar-refractivity contribution in [3.63, 3.8) is 0 Å². The lowest BCUT2D eigenvalue weighted by atomic mass is 9.52. The fraction of sp³-hybridized carbons (Fsp3) is 0.417. The summed E-state index contributed by atoms with van der Waals surface area (Å²) < 4.78 is 40.9. The number of fused-ring (bicyclic) bond motifs is 3. The van der Waals surface area contributed by atoms with Gasteiger partial charge in [-0.15, -0.1) is 0 Å². The number of hydrogen-bond donors (Lipinski definition) is 2. The van der Waals surface area contributed by atoms with Gasteiger partial charge in [0.1, 0.15) is 0 Å². The molecule has 164 valence electrons. The Morgan fingerprint density at radius 2 is 1.81 bits per heavy atom. The first-order valence-electron chi connectivity index (χ1n) is 10.2. The molecule has 31 heavy (non-hydrogen) atoms. The molecule has 2 aliphatic carbocycles. The molecular formula is C24H23F3O4. The molecule has 0 unspecified atom stereocenters. The first kappa shape index (κ1) is 21.6. The highest BCUT2D eigenvalue weighted by atomic mass is 19.4. The van der Waals surface area contributed by atoms with Crippen LogP contribution in [-0.2, 0) is 11.8 Å². The number of Topliss-reactive ketones (excluding diaryl/α,β-unsaturated/α-hetero) is 1. The van der Waals surface area contributed by atoms with E-state index in [1.165, 1.54) is 6.07 Å². The average Bonchev–Trinajstić information content (AvgIpc) is 2.69. The van der Waals surface area contributed by atoms with Crippen LogP contribution in [0.4, 0.5) is 13.2 Å². The van der Waals surface area contributed by atoms with Gasteiger partial charge in [-0.2, -0.15) is 13.2 Å². The van der Waals surface area contributed by atoms with Crippen LogP contribution in [0.1, 0.15) is 63.1 Å². The maximum atomic E-state index is 13.6. The van der Waals surface area contributed by atoms with Gasteiger partial charge in [0.25, 0.3) is 0 Å². The lowest BCUT2D eigenvalue weighted by molar-refractivity contribution is -0.279. The third-order valence-corrected chi connectivity index (χ3v) is 7.18. The first-order valence-corrected chi connectivity index (χ1v) is 10.2. The molecule has 0 bridgehead atoms. The molecule has 0 aliphatic heterocycles. The van der Waals surface area contributed by atoms with E-state index in [0.717, 1.165) is 5.56 Å². The Morgan fingerprint density at radius 1 is 1.13 bits per heavy atom. The number of rotatable bonds is 3. The number of carbonyl (C=O) groups is 2. The number of ketones is 1. The highest BCUT2D eigenvalue weighted by Crippen LogP contribution is 2.57. The van der Waals surface area contributed by atoms with Crippen molar-refractivity contribution in [3.05, 3.63) is 70.3 Å². The molecule has 0 saturated heterocycles. The van der Waals surface area contributed by atoms with Gasteiger partial charge in [-0.25, -0.2) is 4.79 Å². The summed E-state index contributed by atoms with van der Waals surface area (Å²) in [5.74, 6) is -2.22. The molecule has 0 radical (unpaired) electrons. The quantitative estimate of drug-likeness (QED) is 0.727. The summed E-state index contributed by atoms with van der Waals surface area (Å²) >= 11 is 0. The highest BCUT2D eigenvalue weighted by Gasteiger charge is 2.62. The summed E-state index contributed by atoms with van der Waals surface area (Å²) in [7, 11) is 0. The monoisotopic (exact) mass is 432 g/mol. The van der Waals surface area contributed by atoms with Gasteiger partial charge in [0.2, 0.25) is 0 Å². The number of carboxylic acids is 1. The van der Waals surface area contributed by atoms with E-state index in [2.05, 4.69) is 0 Å². The minimum absolute atomic E-state index is 0.0167. The molecule has 7 heteroatoms. The van der Waals surface area contributed by atoms with Gasteiger partial charge in [0.15, 0.2) is 11.4 Å². The van der Waals surface area contributed by atoms with E-state index in [0.29, 0.717) is 23.1 Å². The maximum absolute atomic E-state index is 13.6. The number of benzene rings is 2. The summed E-state index contributed by atoms with van der Waals surface area (Å²) in [6.45, 7) is 1.58. The summed E-state index contributed by atoms with van der Waals surface area (Å²) in [6.07, 6.45) is -5.48. The van der Waals surface area contributed by atoms with Crippen molar-refractivity contribution in [2.75, 3.05) is 0 Å². The summed E-state index contributed by atoms with van der Waals surface area (Å²) in [6, 6.07) is 12.4. The van der Waals surface area contributed by atoms with Crippen molar-refractivity contribution < 1.29 is 33.0 Å². The molecule has 4 rings (SSSR count). The lowest BCUT2D eigenvalue weighted by Crippen LogP contribution is -2.57. The predicted octanol–water partition coefficient (Wildman–Crippen LogP) is 4.85. The van der Waals surface area contributed by atoms with E-state index < -0.39 is 41.9 Å². The number of hydrogen-bond acceptors (Lipinski definition) is 3. The van der Waals surface area contributed by atoms with Crippen LogP contribution < -0.4 is 0 Å². The van der Waals surface area contributed by atoms with Crippen molar-refractivity contribution in [2.24, 2.45) is 5.92 Å². The van der Waals surface area contributed by atoms with E-state index in [1.807, 2.05) is 30.3 Å². The smallest absolute Gasteiger partial charge is 0.417 e. The van der Waals surface area contributed by atoms with Gasteiger partial charge in [0.05, 0.1) is 5.56 Å². The molecule has 1 saturated carbocycles. The zero-order valence-electron chi connectivity index (χ0n) is 17.0. The molecule has 2 aliphatic rings. The fourth-order valence-corrected chi connectivity index (χ4v) is 5.55. The molecule has 3 atom stereocenters. The van der Waals surface area contributed by atoms with Crippen LogP contribution in [0, 0.1) is 12.8 Å². The van der Waals surface area contributed by atoms with Crippen molar-refractivity contribution in [1.82, 2.24) is 0 Å². The van der Waals surface area contributed by atoms with Gasteiger partial charge in [-0.05, 0) is 61.3 Å². The molecule has 0 amide bonds. The van der Waals surface area contributed by atoms with E-state index in [-0.39, 0.29) is 24.2 Å². The molecule has 2 aromatic rings. The Balaban J connectivity index is 1.90. The molecule has 1 fully saturated rings. The highest BCUT2D eigenvalue weighted by molar-refractivity contribution is 6.04. The first-order chi connectivity index (χ1) is 14.5. The lowest BCUT2D eigenvalue weighted by Gasteiger charge is -2.53. The maximum Gasteiger partial charge on any atom is 0.417 e. The van der Waals surface area contributed by atoms with Crippen LogP contribution in [0.3, 0.4) is 0 Å². The number of alkyl halides is 3. The largest absolute Gasteiger partial charge is 0.478 e. The number of carboxylic acid groups (broad SMARTS) is 1. The number of halogens is 3. The Morgan fingerprint density at radius 3 is 2.42 bits per heavy atom. The Hall–Kier alpha value is -2.67. The molecule has 2 aromatic carbocycles. The molecule has 0 aromatic heterocycles. The van der Waals surface area contributed by atoms with E-state index >= 15 is 0 Å². The van der Waals surface area contributed by atoms with Crippen molar-refractivity contribution in [3.8, 4) is 0 Å². The second-order valence-corrected chi connectivity index (χ2v) is 8.84. The second kappa shape index (κ2) is 7.19. The van der Waals surface area contributed by atoms with Crippen LogP contribution >= 0.6 is 0 Å². The van der Waals surface area contributed by atoms with Crippen LogP contribution in [0.5, 0.6) is 0 Å². The summed E-state index contributed by atoms with van der Waals surface area (Å²) in [5.41, 5.74) is -1.42. The number of aromatic carboxylic acids is 1. The fourth-order valence-electron chi connectivity index (χ4n) is 5.55. The number of aliphatic hydroxyl groups is 1. The third kappa shape index (κ3) is 3.35. The SMILES string of the molecule is Cc1c(C(=O)O)ccc2c1C(=O)C[C@@H]1C[C@@](O)(C(F)(F)F)CC[C@@]21Cc1ccccc1. The normalized spacial score (nSPS) is 28.0. The predicted molar refractivity (Wildman–Crippen MR) is 107 cm³/mol. The zero-order valence-corrected chi connectivity index (χ0v) is 17.0. The van der Waals surface area contributed by atoms with Gasteiger partial charge in [0, 0.05) is 17.4 Å². The minimum atomic E-state index is -4.78. The van der Waals surface area contributed by atoms with Crippen LogP contribution in [0.25, 0.3) is 0 Å². The van der Waals surface area contributed by atoms with E-state index in [1.54, 1.807) is 13.0 Å². The Labute approximate surface area is 177 Å². The van der Waals surface area contributed by atoms with Crippen molar-refractivity contribution in [2.45, 2.75) is 56.2 Å². The Kier molecular flexibility index (Phi) is 5.00. The molecule has 4 nitrogen and oxygen atoms in total. The van der Waals surface area contributed by atoms with Crippen LogP contribution in [-0.4, -0.2) is 33.7 Å². The van der Waals surface area contributed by atoms with Crippen molar-refractivity contribution >= 4 is 11.8 Å². The Bertz CT molecular complexity index is 1050.